The van der Waals surface area contributed by atoms with Gasteiger partial charge in [0.1, 0.15) is 11.8 Å². The predicted molar refractivity (Wildman–Crippen MR) is 112 cm³/mol. The molecule has 3 rings (SSSR count). The van der Waals surface area contributed by atoms with E-state index < -0.39 is 16.1 Å². The van der Waals surface area contributed by atoms with E-state index in [4.69, 9.17) is 9.68 Å². The Morgan fingerprint density at radius 3 is 2.60 bits per heavy atom. The van der Waals surface area contributed by atoms with Gasteiger partial charge in [-0.05, 0) is 55.5 Å². The topological polar surface area (TPSA) is 124 Å². The molecule has 0 fully saturated rings. The zero-order valence-corrected chi connectivity index (χ0v) is 16.9. The number of sulfonamides is 1. The van der Waals surface area contributed by atoms with Gasteiger partial charge in [-0.1, -0.05) is 12.1 Å². The highest BCUT2D eigenvalue weighted by atomic mass is 32.2. The maximum absolute atomic E-state index is 12.5. The number of carbonyl (C=O) groups excluding carboxylic acids is 1. The first-order chi connectivity index (χ1) is 14.4. The van der Waals surface area contributed by atoms with Gasteiger partial charge >= 0.3 is 0 Å². The van der Waals surface area contributed by atoms with Crippen LogP contribution in [-0.4, -0.2) is 20.4 Å². The summed E-state index contributed by atoms with van der Waals surface area (Å²) in [6, 6.07) is 17.5. The molecule has 0 aliphatic heterocycles. The summed E-state index contributed by atoms with van der Waals surface area (Å²) in [4.78, 5) is 12.5. The number of rotatable bonds is 8. The molecular formula is C21H20N4O4S. The summed E-state index contributed by atoms with van der Waals surface area (Å²) < 4.78 is 32.6. The van der Waals surface area contributed by atoms with Gasteiger partial charge in [-0.25, -0.2) is 13.1 Å². The molecule has 3 N–H and O–H groups in total. The van der Waals surface area contributed by atoms with Crippen LogP contribution in [0.1, 0.15) is 18.2 Å². The second kappa shape index (κ2) is 9.26. The number of nitrogens with zero attached hydrogens (tertiary/aromatic N) is 1. The van der Waals surface area contributed by atoms with Gasteiger partial charge in [0.15, 0.2) is 0 Å². The number of anilines is 2. The number of benzene rings is 2. The first kappa shape index (κ1) is 21.1. The van der Waals surface area contributed by atoms with E-state index in [-0.39, 0.29) is 17.3 Å². The molecule has 0 aliphatic carbocycles. The Balaban J connectivity index is 1.65. The lowest BCUT2D eigenvalue weighted by Crippen LogP contribution is -2.32. The van der Waals surface area contributed by atoms with Crippen molar-refractivity contribution in [2.75, 3.05) is 10.6 Å². The van der Waals surface area contributed by atoms with Crippen LogP contribution in [-0.2, 0) is 21.4 Å². The Labute approximate surface area is 174 Å². The Kier molecular flexibility index (Phi) is 6.51. The van der Waals surface area contributed by atoms with Crippen LogP contribution in [0.15, 0.2) is 76.2 Å². The summed E-state index contributed by atoms with van der Waals surface area (Å²) >= 11 is 0. The van der Waals surface area contributed by atoms with Crippen LogP contribution < -0.4 is 15.4 Å². The molecule has 1 atom stereocenters. The minimum absolute atomic E-state index is 0.0353. The normalized spacial score (nSPS) is 12.0. The van der Waals surface area contributed by atoms with Crippen LogP contribution in [0.5, 0.6) is 0 Å². The highest BCUT2D eigenvalue weighted by Gasteiger charge is 2.17. The quantitative estimate of drug-likeness (QED) is 0.510. The monoisotopic (exact) mass is 424 g/mol. The van der Waals surface area contributed by atoms with Crippen molar-refractivity contribution in [1.82, 2.24) is 4.72 Å². The van der Waals surface area contributed by atoms with Gasteiger partial charge in [-0.3, -0.25) is 4.79 Å². The SMILES string of the molecule is C[C@H](Nc1cccc(S(=O)(=O)NCc2ccco2)c1)C(=O)Nc1cccc(C#N)c1. The number of carbonyl (C=O) groups is 1. The number of nitriles is 1. The summed E-state index contributed by atoms with van der Waals surface area (Å²) in [6.45, 7) is 1.69. The van der Waals surface area contributed by atoms with E-state index in [1.54, 1.807) is 55.5 Å². The summed E-state index contributed by atoms with van der Waals surface area (Å²) in [5, 5.41) is 14.7. The maximum atomic E-state index is 12.5. The van der Waals surface area contributed by atoms with E-state index in [1.165, 1.54) is 18.4 Å². The van der Waals surface area contributed by atoms with Crippen molar-refractivity contribution in [1.29, 1.82) is 5.26 Å². The molecule has 9 heteroatoms. The number of hydrogen-bond donors (Lipinski definition) is 3. The zero-order chi connectivity index (χ0) is 21.6. The van der Waals surface area contributed by atoms with Gasteiger partial charge in [-0.15, -0.1) is 0 Å². The van der Waals surface area contributed by atoms with Crippen molar-refractivity contribution < 1.29 is 17.6 Å². The zero-order valence-electron chi connectivity index (χ0n) is 16.1. The number of hydrogen-bond acceptors (Lipinski definition) is 6. The lowest BCUT2D eigenvalue weighted by atomic mass is 10.2. The van der Waals surface area contributed by atoms with Crippen LogP contribution >= 0.6 is 0 Å². The van der Waals surface area contributed by atoms with Crippen molar-refractivity contribution in [2.45, 2.75) is 24.4 Å². The van der Waals surface area contributed by atoms with Gasteiger partial charge in [0.05, 0.1) is 29.3 Å². The van der Waals surface area contributed by atoms with Gasteiger partial charge in [0.25, 0.3) is 0 Å². The minimum Gasteiger partial charge on any atom is -0.468 e. The fraction of sp³-hybridized carbons (Fsp3) is 0.143. The largest absolute Gasteiger partial charge is 0.468 e. The van der Waals surface area contributed by atoms with E-state index in [2.05, 4.69) is 15.4 Å². The molecule has 154 valence electrons. The molecule has 0 saturated heterocycles. The van der Waals surface area contributed by atoms with Gasteiger partial charge in [0, 0.05) is 11.4 Å². The Bertz CT molecular complexity index is 1170. The van der Waals surface area contributed by atoms with Crippen LogP contribution in [0.3, 0.4) is 0 Å². The van der Waals surface area contributed by atoms with E-state index in [0.717, 1.165) is 0 Å². The maximum Gasteiger partial charge on any atom is 0.246 e. The van der Waals surface area contributed by atoms with Gasteiger partial charge < -0.3 is 15.1 Å². The van der Waals surface area contributed by atoms with Crippen LogP contribution in [0, 0.1) is 11.3 Å². The van der Waals surface area contributed by atoms with E-state index in [0.29, 0.717) is 22.7 Å². The van der Waals surface area contributed by atoms with Crippen molar-refractivity contribution in [3.63, 3.8) is 0 Å². The Hall–Kier alpha value is -3.61. The molecule has 8 nitrogen and oxygen atoms in total. The average Bonchev–Trinajstić information content (AvgIpc) is 3.26. The highest BCUT2D eigenvalue weighted by molar-refractivity contribution is 7.89. The first-order valence-corrected chi connectivity index (χ1v) is 10.6. The Morgan fingerprint density at radius 2 is 1.87 bits per heavy atom. The van der Waals surface area contributed by atoms with Crippen molar-refractivity contribution in [3.8, 4) is 6.07 Å². The lowest BCUT2D eigenvalue weighted by Gasteiger charge is -2.16. The molecule has 1 aromatic heterocycles. The van der Waals surface area contributed by atoms with Crippen LogP contribution in [0.25, 0.3) is 0 Å². The van der Waals surface area contributed by atoms with Crippen LogP contribution in [0.4, 0.5) is 11.4 Å². The summed E-state index contributed by atoms with van der Waals surface area (Å²) in [5.74, 6) is 0.174. The molecule has 0 unspecified atom stereocenters. The molecule has 1 amide bonds. The van der Waals surface area contributed by atoms with Crippen molar-refractivity contribution >= 4 is 27.3 Å². The van der Waals surface area contributed by atoms with E-state index >= 15 is 0 Å². The fourth-order valence-electron chi connectivity index (χ4n) is 2.65. The lowest BCUT2D eigenvalue weighted by molar-refractivity contribution is -0.116. The third kappa shape index (κ3) is 5.47. The third-order valence-corrected chi connectivity index (χ3v) is 5.60. The minimum atomic E-state index is -3.75. The number of nitrogens with one attached hydrogen (secondary N) is 3. The van der Waals surface area contributed by atoms with Crippen LogP contribution in [0.2, 0.25) is 0 Å². The number of amides is 1. The number of furan rings is 1. The second-order valence-electron chi connectivity index (χ2n) is 6.48. The molecule has 0 spiro atoms. The van der Waals surface area contributed by atoms with Crippen molar-refractivity contribution in [2.24, 2.45) is 0 Å². The molecule has 0 bridgehead atoms. The molecule has 0 saturated carbocycles. The smallest absolute Gasteiger partial charge is 0.246 e. The predicted octanol–water partition coefficient (Wildman–Crippen LogP) is 3.07. The first-order valence-electron chi connectivity index (χ1n) is 9.07. The molecular weight excluding hydrogens is 404 g/mol. The van der Waals surface area contributed by atoms with Gasteiger partial charge in [-0.2, -0.15) is 5.26 Å². The second-order valence-corrected chi connectivity index (χ2v) is 8.25. The standard InChI is InChI=1S/C21H20N4O4S/c1-15(21(26)25-17-6-2-5-16(11-17)13-22)24-18-7-3-9-20(12-18)30(27,28)23-14-19-8-4-10-29-19/h2-12,15,23-24H,14H2,1H3,(H,25,26)/t15-/m0/s1. The third-order valence-electron chi connectivity index (χ3n) is 4.20. The highest BCUT2D eigenvalue weighted by Crippen LogP contribution is 2.17. The molecule has 0 aliphatic rings. The fourth-order valence-corrected chi connectivity index (χ4v) is 3.69. The summed E-state index contributed by atoms with van der Waals surface area (Å²) in [5.41, 5.74) is 1.42. The Morgan fingerprint density at radius 1 is 1.10 bits per heavy atom. The van der Waals surface area contributed by atoms with Crippen molar-refractivity contribution in [3.05, 3.63) is 78.3 Å². The molecule has 0 radical (unpaired) electrons. The summed E-state index contributed by atoms with van der Waals surface area (Å²) in [6.07, 6.45) is 1.47. The average molecular weight is 424 g/mol. The summed E-state index contributed by atoms with van der Waals surface area (Å²) in [7, 11) is -3.75. The molecule has 30 heavy (non-hydrogen) atoms. The molecule has 1 heterocycles. The molecule has 2 aromatic carbocycles. The van der Waals surface area contributed by atoms with Gasteiger partial charge in [0.2, 0.25) is 15.9 Å². The van der Waals surface area contributed by atoms with E-state index in [9.17, 15) is 13.2 Å². The van der Waals surface area contributed by atoms with E-state index in [1.807, 2.05) is 6.07 Å². The molecule has 3 aromatic rings.